The molecule has 3 N–H and O–H groups in total. The van der Waals surface area contributed by atoms with E-state index in [0.29, 0.717) is 11.7 Å². The minimum Gasteiger partial charge on any atom is -0.369 e. The van der Waals surface area contributed by atoms with E-state index in [-0.39, 0.29) is 11.5 Å². The number of hydrogen-bond donors (Lipinski definition) is 2. The maximum atomic E-state index is 11.6. The maximum Gasteiger partial charge on any atom is 0.254 e. The molecule has 132 valence electrons. The number of nitrogens with two attached hydrogens (primary N) is 1. The summed E-state index contributed by atoms with van der Waals surface area (Å²) in [6.45, 7) is 5.13. The number of hydrogen-bond acceptors (Lipinski definition) is 7. The van der Waals surface area contributed by atoms with Crippen molar-refractivity contribution in [1.29, 1.82) is 0 Å². The zero-order valence-electron chi connectivity index (χ0n) is 14.4. The van der Waals surface area contributed by atoms with Crippen LogP contribution in [-0.4, -0.2) is 46.1 Å². The van der Waals surface area contributed by atoms with Crippen molar-refractivity contribution < 1.29 is 0 Å². The monoisotopic (exact) mass is 341 g/mol. The molecule has 0 amide bonds. The second-order valence-corrected chi connectivity index (χ2v) is 6.82. The van der Waals surface area contributed by atoms with Crippen LogP contribution >= 0.6 is 0 Å². The molecule has 4 rings (SSSR count). The number of nitrogen functional groups attached to an aromatic ring is 1. The van der Waals surface area contributed by atoms with E-state index in [1.54, 1.807) is 0 Å². The second-order valence-electron chi connectivity index (χ2n) is 6.82. The van der Waals surface area contributed by atoms with Gasteiger partial charge in [-0.25, -0.2) is 9.97 Å². The zero-order valence-corrected chi connectivity index (χ0v) is 14.4. The number of anilines is 3. The van der Waals surface area contributed by atoms with Crippen molar-refractivity contribution >= 4 is 17.7 Å². The Morgan fingerprint density at radius 2 is 1.80 bits per heavy atom. The van der Waals surface area contributed by atoms with Gasteiger partial charge in [0.1, 0.15) is 5.82 Å². The fourth-order valence-corrected chi connectivity index (χ4v) is 3.39. The molecule has 25 heavy (non-hydrogen) atoms. The molecule has 0 radical (unpaired) electrons. The molecule has 1 aliphatic heterocycles. The summed E-state index contributed by atoms with van der Waals surface area (Å²) in [5.74, 6) is 2.20. The van der Waals surface area contributed by atoms with Gasteiger partial charge >= 0.3 is 0 Å². The average Bonchev–Trinajstić information content (AvgIpc) is 2.52. The lowest BCUT2D eigenvalue weighted by Crippen LogP contribution is -2.47. The van der Waals surface area contributed by atoms with Gasteiger partial charge in [-0.2, -0.15) is 4.98 Å². The molecule has 0 spiro atoms. The molecule has 3 heterocycles. The van der Waals surface area contributed by atoms with E-state index in [0.717, 1.165) is 37.8 Å². The van der Waals surface area contributed by atoms with Crippen LogP contribution in [0.25, 0.3) is 0 Å². The molecule has 0 unspecified atom stereocenters. The Balaban J connectivity index is 1.48. The first kappa shape index (κ1) is 15.9. The summed E-state index contributed by atoms with van der Waals surface area (Å²) in [5, 5.41) is 0. The number of H-pyrrole nitrogens is 1. The van der Waals surface area contributed by atoms with Gasteiger partial charge in [0, 0.05) is 49.6 Å². The number of aromatic amines is 1. The van der Waals surface area contributed by atoms with Gasteiger partial charge in [0.15, 0.2) is 0 Å². The van der Waals surface area contributed by atoms with E-state index < -0.39 is 0 Å². The summed E-state index contributed by atoms with van der Waals surface area (Å²) in [6, 6.07) is 3.61. The minimum atomic E-state index is -0.225. The SMILES string of the molecule is Cc1cc(C2CCC2)nc(N2CCN(c3cc(=O)[nH]c(N)n3)CC2)n1. The van der Waals surface area contributed by atoms with Crippen LogP contribution in [-0.2, 0) is 0 Å². The predicted octanol–water partition coefficient (Wildman–Crippen LogP) is 1.04. The number of piperazine rings is 1. The van der Waals surface area contributed by atoms with Crippen LogP contribution in [0.15, 0.2) is 16.9 Å². The lowest BCUT2D eigenvalue weighted by molar-refractivity contribution is 0.410. The fourth-order valence-electron chi connectivity index (χ4n) is 3.39. The normalized spacial score (nSPS) is 18.3. The first-order valence-corrected chi connectivity index (χ1v) is 8.81. The van der Waals surface area contributed by atoms with Gasteiger partial charge in [-0.1, -0.05) is 6.42 Å². The third-order valence-electron chi connectivity index (χ3n) is 5.02. The van der Waals surface area contributed by atoms with Crippen LogP contribution in [0.3, 0.4) is 0 Å². The second kappa shape index (κ2) is 6.34. The molecule has 8 heteroatoms. The Kier molecular flexibility index (Phi) is 4.03. The first-order chi connectivity index (χ1) is 12.1. The van der Waals surface area contributed by atoms with Crippen molar-refractivity contribution in [2.24, 2.45) is 0 Å². The van der Waals surface area contributed by atoms with Crippen LogP contribution in [0.2, 0.25) is 0 Å². The van der Waals surface area contributed by atoms with Gasteiger partial charge < -0.3 is 15.5 Å². The quantitative estimate of drug-likeness (QED) is 0.859. The number of nitrogens with one attached hydrogen (secondary N) is 1. The number of aryl methyl sites for hydroxylation is 1. The number of nitrogens with zero attached hydrogens (tertiary/aromatic N) is 5. The maximum absolute atomic E-state index is 11.6. The molecule has 8 nitrogen and oxygen atoms in total. The molecular formula is C17H23N7O. The van der Waals surface area contributed by atoms with E-state index >= 15 is 0 Å². The van der Waals surface area contributed by atoms with Crippen LogP contribution in [0, 0.1) is 6.92 Å². The molecule has 1 saturated heterocycles. The standard InChI is InChI=1S/C17H23N7O/c1-11-9-13(12-3-2-4-12)20-17(19-11)24-7-5-23(6-8-24)14-10-15(25)22-16(18)21-14/h9-10,12H,2-8H2,1H3,(H3,18,21,22,25). The molecule has 2 fully saturated rings. The summed E-state index contributed by atoms with van der Waals surface area (Å²) >= 11 is 0. The van der Waals surface area contributed by atoms with Gasteiger partial charge in [-0.15, -0.1) is 0 Å². The van der Waals surface area contributed by atoms with Crippen LogP contribution < -0.4 is 21.1 Å². The van der Waals surface area contributed by atoms with Gasteiger partial charge in [0.2, 0.25) is 11.9 Å². The third-order valence-corrected chi connectivity index (χ3v) is 5.02. The third kappa shape index (κ3) is 3.29. The van der Waals surface area contributed by atoms with Gasteiger partial charge in [-0.05, 0) is 25.8 Å². The Labute approximate surface area is 146 Å². The first-order valence-electron chi connectivity index (χ1n) is 8.81. The van der Waals surface area contributed by atoms with Crippen molar-refractivity contribution in [3.63, 3.8) is 0 Å². The highest BCUT2D eigenvalue weighted by molar-refractivity contribution is 5.44. The molecule has 1 aliphatic carbocycles. The minimum absolute atomic E-state index is 0.150. The molecular weight excluding hydrogens is 318 g/mol. The van der Waals surface area contributed by atoms with Crippen molar-refractivity contribution in [2.45, 2.75) is 32.1 Å². The van der Waals surface area contributed by atoms with Crippen molar-refractivity contribution in [3.8, 4) is 0 Å². The van der Waals surface area contributed by atoms with Crippen LogP contribution in [0.1, 0.15) is 36.6 Å². The molecule has 0 bridgehead atoms. The van der Waals surface area contributed by atoms with E-state index in [2.05, 4.69) is 30.8 Å². The average molecular weight is 341 g/mol. The Bertz CT molecular complexity index is 822. The van der Waals surface area contributed by atoms with Crippen LogP contribution in [0.5, 0.6) is 0 Å². The molecule has 2 aromatic rings. The predicted molar refractivity (Wildman–Crippen MR) is 97.1 cm³/mol. The zero-order chi connectivity index (χ0) is 17.4. The van der Waals surface area contributed by atoms with E-state index in [1.165, 1.54) is 31.0 Å². The highest BCUT2D eigenvalue weighted by atomic mass is 16.1. The molecule has 0 aromatic carbocycles. The largest absolute Gasteiger partial charge is 0.369 e. The topological polar surface area (TPSA) is 104 Å². The van der Waals surface area contributed by atoms with E-state index in [1.807, 2.05) is 6.92 Å². The number of rotatable bonds is 3. The summed E-state index contributed by atoms with van der Waals surface area (Å²) < 4.78 is 0. The fraction of sp³-hybridized carbons (Fsp3) is 0.529. The van der Waals surface area contributed by atoms with Crippen molar-refractivity contribution in [1.82, 2.24) is 19.9 Å². The summed E-state index contributed by atoms with van der Waals surface area (Å²) in [4.78, 5) is 32.0. The molecule has 1 saturated carbocycles. The highest BCUT2D eigenvalue weighted by Crippen LogP contribution is 2.36. The molecule has 2 aliphatic rings. The lowest BCUT2D eigenvalue weighted by Gasteiger charge is -2.36. The van der Waals surface area contributed by atoms with Gasteiger partial charge in [0.25, 0.3) is 5.56 Å². The van der Waals surface area contributed by atoms with E-state index in [4.69, 9.17) is 10.7 Å². The number of aromatic nitrogens is 4. The Hall–Kier alpha value is -2.64. The lowest BCUT2D eigenvalue weighted by atomic mass is 9.83. The highest BCUT2D eigenvalue weighted by Gasteiger charge is 2.25. The van der Waals surface area contributed by atoms with E-state index in [9.17, 15) is 4.79 Å². The van der Waals surface area contributed by atoms with Gasteiger partial charge in [0.05, 0.1) is 0 Å². The Morgan fingerprint density at radius 1 is 1.08 bits per heavy atom. The Morgan fingerprint density at radius 3 is 2.44 bits per heavy atom. The smallest absolute Gasteiger partial charge is 0.254 e. The molecule has 2 aromatic heterocycles. The van der Waals surface area contributed by atoms with Gasteiger partial charge in [-0.3, -0.25) is 9.78 Å². The molecule has 0 atom stereocenters. The summed E-state index contributed by atoms with van der Waals surface area (Å²) in [6.07, 6.45) is 3.77. The van der Waals surface area contributed by atoms with Crippen molar-refractivity contribution in [2.75, 3.05) is 41.7 Å². The summed E-state index contributed by atoms with van der Waals surface area (Å²) in [5.41, 5.74) is 7.62. The summed E-state index contributed by atoms with van der Waals surface area (Å²) in [7, 11) is 0. The van der Waals surface area contributed by atoms with Crippen molar-refractivity contribution in [3.05, 3.63) is 33.9 Å². The van der Waals surface area contributed by atoms with Crippen LogP contribution in [0.4, 0.5) is 17.7 Å².